The first-order valence-electron chi connectivity index (χ1n) is 12.5. The Balaban J connectivity index is 3.20. The van der Waals surface area contributed by atoms with Crippen LogP contribution in [0, 0.1) is 5.92 Å². The molecule has 0 radical (unpaired) electrons. The van der Waals surface area contributed by atoms with Gasteiger partial charge in [-0.2, -0.15) is 0 Å². The van der Waals surface area contributed by atoms with E-state index in [1.807, 2.05) is 0 Å². The summed E-state index contributed by atoms with van der Waals surface area (Å²) in [6.45, 7) is 7.04. The average molecular weight is 365 g/mol. The highest BCUT2D eigenvalue weighted by Crippen LogP contribution is 2.17. The van der Waals surface area contributed by atoms with Gasteiger partial charge in [0.2, 0.25) is 0 Å². The summed E-state index contributed by atoms with van der Waals surface area (Å²) >= 11 is 0. The van der Waals surface area contributed by atoms with E-state index in [-0.39, 0.29) is 0 Å². The van der Waals surface area contributed by atoms with Gasteiger partial charge < -0.3 is 0 Å². The zero-order chi connectivity index (χ0) is 19.1. The Bertz CT molecular complexity index is 265. The van der Waals surface area contributed by atoms with Crippen LogP contribution >= 0.6 is 0 Å². The molecule has 0 spiro atoms. The van der Waals surface area contributed by atoms with Gasteiger partial charge in [0.25, 0.3) is 0 Å². The van der Waals surface area contributed by atoms with Crippen LogP contribution in [-0.4, -0.2) is 0 Å². The average Bonchev–Trinajstić information content (AvgIpc) is 2.65. The van der Waals surface area contributed by atoms with Crippen molar-refractivity contribution in [1.82, 2.24) is 0 Å². The molecule has 0 heterocycles. The predicted molar refractivity (Wildman–Crippen MR) is 122 cm³/mol. The Morgan fingerprint density at radius 2 is 0.885 bits per heavy atom. The number of rotatable bonds is 21. The molecule has 0 aliphatic heterocycles. The predicted octanol–water partition coefficient (Wildman–Crippen LogP) is 10.0. The topological polar surface area (TPSA) is 0 Å². The normalized spacial score (nSPS) is 12.9. The smallest absolute Gasteiger partial charge is 0.0348 e. The monoisotopic (exact) mass is 364 g/mol. The van der Waals surface area contributed by atoms with Crippen LogP contribution in [0.25, 0.3) is 0 Å². The zero-order valence-corrected chi connectivity index (χ0v) is 18.9. The molecule has 0 amide bonds. The van der Waals surface area contributed by atoms with Crippen molar-refractivity contribution in [1.29, 1.82) is 0 Å². The maximum Gasteiger partial charge on any atom is -0.0348 e. The van der Waals surface area contributed by atoms with Gasteiger partial charge in [-0.3, -0.25) is 0 Å². The summed E-state index contributed by atoms with van der Waals surface area (Å²) < 4.78 is 0. The van der Waals surface area contributed by atoms with Crippen molar-refractivity contribution in [2.75, 3.05) is 0 Å². The molecule has 0 saturated carbocycles. The highest BCUT2D eigenvalue weighted by molar-refractivity contribution is 4.81. The van der Waals surface area contributed by atoms with Crippen LogP contribution in [0.1, 0.15) is 149 Å². The Hall–Kier alpha value is -0.260. The Morgan fingerprint density at radius 1 is 0.462 bits per heavy atom. The molecule has 0 aliphatic carbocycles. The molecule has 26 heavy (non-hydrogen) atoms. The van der Waals surface area contributed by atoms with Gasteiger partial charge in [-0.25, -0.2) is 0 Å². The van der Waals surface area contributed by atoms with Crippen molar-refractivity contribution >= 4 is 0 Å². The van der Waals surface area contributed by atoms with Crippen LogP contribution < -0.4 is 0 Å². The minimum absolute atomic E-state index is 0.920. The van der Waals surface area contributed by atoms with Gasteiger partial charge >= 0.3 is 0 Å². The molecule has 1 atom stereocenters. The number of unbranched alkanes of at least 4 members (excludes halogenated alkanes) is 15. The molecule has 0 unspecified atom stereocenters. The van der Waals surface area contributed by atoms with Crippen molar-refractivity contribution in [2.45, 2.75) is 149 Å². The Morgan fingerprint density at radius 3 is 1.42 bits per heavy atom. The first kappa shape index (κ1) is 25.7. The third-order valence-electron chi connectivity index (χ3n) is 5.77. The standard InChI is InChI=1S/C26H52/c1-4-6-8-10-12-13-14-15-16-17-18-19-21-23-25-26(3)24-22-20-11-9-7-5-2/h19,21,26H,4-18,20,22-25H2,1-3H3/b21-19+/t26-/m1/s1. The first-order valence-corrected chi connectivity index (χ1v) is 12.5. The summed E-state index contributed by atoms with van der Waals surface area (Å²) in [4.78, 5) is 0. The van der Waals surface area contributed by atoms with E-state index >= 15 is 0 Å². The minimum Gasteiger partial charge on any atom is -0.0885 e. The third-order valence-corrected chi connectivity index (χ3v) is 5.77. The fourth-order valence-electron chi connectivity index (χ4n) is 3.78. The zero-order valence-electron chi connectivity index (χ0n) is 18.9. The molecule has 0 aliphatic rings. The molecule has 0 N–H and O–H groups in total. The number of hydrogen-bond acceptors (Lipinski definition) is 0. The molecule has 156 valence electrons. The molecule has 0 fully saturated rings. The number of hydrogen-bond donors (Lipinski definition) is 0. The van der Waals surface area contributed by atoms with Crippen LogP contribution in [0.2, 0.25) is 0 Å². The fourth-order valence-corrected chi connectivity index (χ4v) is 3.78. The van der Waals surface area contributed by atoms with Crippen LogP contribution in [0.15, 0.2) is 12.2 Å². The largest absolute Gasteiger partial charge is 0.0885 e. The molecule has 0 saturated heterocycles. The molecule has 0 aromatic rings. The highest BCUT2D eigenvalue weighted by Gasteiger charge is 2.00. The highest BCUT2D eigenvalue weighted by atomic mass is 14.1. The van der Waals surface area contributed by atoms with E-state index in [1.54, 1.807) is 0 Å². The van der Waals surface area contributed by atoms with E-state index in [0.29, 0.717) is 0 Å². The Kier molecular flexibility index (Phi) is 22.6. The van der Waals surface area contributed by atoms with Crippen LogP contribution in [0.4, 0.5) is 0 Å². The van der Waals surface area contributed by atoms with Gasteiger partial charge in [0, 0.05) is 0 Å². The van der Waals surface area contributed by atoms with Gasteiger partial charge in [0.05, 0.1) is 0 Å². The molecule has 0 aromatic heterocycles. The van der Waals surface area contributed by atoms with E-state index in [2.05, 4.69) is 32.9 Å². The lowest BCUT2D eigenvalue weighted by Gasteiger charge is -2.09. The summed E-state index contributed by atoms with van der Waals surface area (Å²) in [5.41, 5.74) is 0. The Labute approximate surface area is 167 Å². The summed E-state index contributed by atoms with van der Waals surface area (Å²) in [6.07, 6.45) is 33.4. The van der Waals surface area contributed by atoms with Gasteiger partial charge in [-0.15, -0.1) is 0 Å². The molecule has 0 aromatic carbocycles. The minimum atomic E-state index is 0.920. The van der Waals surface area contributed by atoms with Gasteiger partial charge in [0.15, 0.2) is 0 Å². The van der Waals surface area contributed by atoms with Gasteiger partial charge in [-0.1, -0.05) is 136 Å². The van der Waals surface area contributed by atoms with Crippen molar-refractivity contribution in [3.8, 4) is 0 Å². The molecule has 0 bridgehead atoms. The summed E-state index contributed by atoms with van der Waals surface area (Å²) in [7, 11) is 0. The maximum absolute atomic E-state index is 2.45. The lowest BCUT2D eigenvalue weighted by molar-refractivity contribution is 0.459. The van der Waals surface area contributed by atoms with Crippen LogP contribution in [-0.2, 0) is 0 Å². The van der Waals surface area contributed by atoms with Crippen LogP contribution in [0.3, 0.4) is 0 Å². The van der Waals surface area contributed by atoms with Crippen molar-refractivity contribution in [2.24, 2.45) is 5.92 Å². The van der Waals surface area contributed by atoms with Crippen molar-refractivity contribution in [3.05, 3.63) is 12.2 Å². The molecule has 0 nitrogen and oxygen atoms in total. The molecule has 0 rings (SSSR count). The SMILES string of the molecule is CCCCCCCCCCCC/C=C/CC[C@H](C)CCCCCCCC. The van der Waals surface area contributed by atoms with Crippen LogP contribution in [0.5, 0.6) is 0 Å². The lowest BCUT2D eigenvalue weighted by Crippen LogP contribution is -1.94. The van der Waals surface area contributed by atoms with E-state index in [9.17, 15) is 0 Å². The summed E-state index contributed by atoms with van der Waals surface area (Å²) in [6, 6.07) is 0. The molecular weight excluding hydrogens is 312 g/mol. The maximum atomic E-state index is 2.45. The van der Waals surface area contributed by atoms with Crippen molar-refractivity contribution in [3.63, 3.8) is 0 Å². The lowest BCUT2D eigenvalue weighted by atomic mass is 9.97. The second kappa shape index (κ2) is 22.8. The second-order valence-corrected chi connectivity index (χ2v) is 8.68. The third kappa shape index (κ3) is 21.8. The molecular formula is C26H52. The fraction of sp³-hybridized carbons (Fsp3) is 0.923. The molecule has 0 heteroatoms. The summed E-state index contributed by atoms with van der Waals surface area (Å²) in [5.74, 6) is 0.920. The summed E-state index contributed by atoms with van der Waals surface area (Å²) in [5, 5.41) is 0. The first-order chi connectivity index (χ1) is 12.8. The van der Waals surface area contributed by atoms with Gasteiger partial charge in [-0.05, 0) is 31.6 Å². The van der Waals surface area contributed by atoms with Crippen molar-refractivity contribution < 1.29 is 0 Å². The van der Waals surface area contributed by atoms with E-state index in [1.165, 1.54) is 128 Å². The van der Waals surface area contributed by atoms with E-state index in [0.717, 1.165) is 5.92 Å². The van der Waals surface area contributed by atoms with E-state index < -0.39 is 0 Å². The van der Waals surface area contributed by atoms with Gasteiger partial charge in [0.1, 0.15) is 0 Å². The quantitative estimate of drug-likeness (QED) is 0.140. The van der Waals surface area contributed by atoms with E-state index in [4.69, 9.17) is 0 Å². The second-order valence-electron chi connectivity index (χ2n) is 8.68. The number of allylic oxidation sites excluding steroid dienone is 2.